The number of halogens is 3. The number of nitrogens with zero attached hydrogens (tertiary/aromatic N) is 3. The Balaban J connectivity index is 2.10. The largest absolute Gasteiger partial charge is 0.406 e. The van der Waals surface area contributed by atoms with E-state index in [9.17, 15) is 21.6 Å². The third-order valence-electron chi connectivity index (χ3n) is 3.18. The Morgan fingerprint density at radius 3 is 2.54 bits per heavy atom. The lowest BCUT2D eigenvalue weighted by Crippen LogP contribution is -2.27. The van der Waals surface area contributed by atoms with E-state index in [1.54, 1.807) is 30.3 Å². The molecule has 0 saturated heterocycles. The molecule has 9 heteroatoms. The van der Waals surface area contributed by atoms with Gasteiger partial charge in [0.05, 0.1) is 6.54 Å². The molecule has 130 valence electrons. The molecule has 2 aromatic rings. The van der Waals surface area contributed by atoms with Gasteiger partial charge in [0.2, 0.25) is 10.0 Å². The molecule has 0 fully saturated rings. The Bertz CT molecular complexity index is 799. The summed E-state index contributed by atoms with van der Waals surface area (Å²) in [6, 6.07) is 8.82. The van der Waals surface area contributed by atoms with E-state index in [1.165, 1.54) is 25.5 Å². The summed E-state index contributed by atoms with van der Waals surface area (Å²) in [5.74, 6) is 0.0199. The van der Waals surface area contributed by atoms with Crippen LogP contribution in [0.4, 0.5) is 13.2 Å². The standard InChI is InChI=1S/C15H16F3N3O2S/c1-20(11-14-19-8-9-21(14)12-15(16,17)18)24(22,23)10-7-13-5-3-2-4-6-13/h2-10H,11-12H2,1H3/b10-7+. The molecule has 1 aromatic heterocycles. The van der Waals surface area contributed by atoms with E-state index in [1.807, 2.05) is 0 Å². The van der Waals surface area contributed by atoms with Crippen molar-refractivity contribution in [3.63, 3.8) is 0 Å². The third-order valence-corrected chi connectivity index (χ3v) is 4.66. The summed E-state index contributed by atoms with van der Waals surface area (Å²) in [4.78, 5) is 3.80. The van der Waals surface area contributed by atoms with E-state index in [-0.39, 0.29) is 12.4 Å². The maximum atomic E-state index is 12.5. The smallest absolute Gasteiger partial charge is 0.325 e. The van der Waals surface area contributed by atoms with Crippen LogP contribution in [0.25, 0.3) is 6.08 Å². The van der Waals surface area contributed by atoms with Crippen LogP contribution in [0.2, 0.25) is 0 Å². The first-order valence-corrected chi connectivity index (χ1v) is 8.44. The van der Waals surface area contributed by atoms with Crippen molar-refractivity contribution < 1.29 is 21.6 Å². The summed E-state index contributed by atoms with van der Waals surface area (Å²) in [6.07, 6.45) is -0.599. The van der Waals surface area contributed by atoms with Crippen molar-refractivity contribution in [1.29, 1.82) is 0 Å². The molecule has 5 nitrogen and oxygen atoms in total. The van der Waals surface area contributed by atoms with Crippen molar-refractivity contribution in [1.82, 2.24) is 13.9 Å². The van der Waals surface area contributed by atoms with Gasteiger partial charge in [0.15, 0.2) is 0 Å². The maximum Gasteiger partial charge on any atom is 0.406 e. The van der Waals surface area contributed by atoms with Gasteiger partial charge < -0.3 is 4.57 Å². The molecule has 0 aliphatic rings. The zero-order valence-electron chi connectivity index (χ0n) is 12.8. The van der Waals surface area contributed by atoms with E-state index >= 15 is 0 Å². The lowest BCUT2D eigenvalue weighted by molar-refractivity contribution is -0.141. The normalized spacial score (nSPS) is 13.0. The lowest BCUT2D eigenvalue weighted by atomic mass is 10.2. The van der Waals surface area contributed by atoms with E-state index in [2.05, 4.69) is 4.98 Å². The van der Waals surface area contributed by atoms with Gasteiger partial charge in [-0.15, -0.1) is 0 Å². The quantitative estimate of drug-likeness (QED) is 0.797. The number of hydrogen-bond donors (Lipinski definition) is 0. The predicted octanol–water partition coefficient (Wildman–Crippen LogP) is 2.88. The summed E-state index contributed by atoms with van der Waals surface area (Å²) in [6.45, 7) is -1.47. The highest BCUT2D eigenvalue weighted by Crippen LogP contribution is 2.19. The predicted molar refractivity (Wildman–Crippen MR) is 84.1 cm³/mol. The maximum absolute atomic E-state index is 12.5. The van der Waals surface area contributed by atoms with Crippen LogP contribution in [-0.2, 0) is 23.1 Å². The Kier molecular flexibility index (Phi) is 5.45. The molecule has 1 heterocycles. The minimum absolute atomic E-state index is 0.0199. The Hall–Kier alpha value is -2.13. The van der Waals surface area contributed by atoms with Crippen LogP contribution in [-0.4, -0.2) is 35.5 Å². The molecule has 0 saturated carbocycles. The number of rotatable bonds is 6. The molecule has 0 aliphatic heterocycles. The van der Waals surface area contributed by atoms with Crippen molar-refractivity contribution in [3.05, 3.63) is 59.5 Å². The van der Waals surface area contributed by atoms with Gasteiger partial charge in [-0.2, -0.15) is 17.5 Å². The van der Waals surface area contributed by atoms with E-state index in [4.69, 9.17) is 0 Å². The fraction of sp³-hybridized carbons (Fsp3) is 0.267. The van der Waals surface area contributed by atoms with E-state index in [0.29, 0.717) is 5.56 Å². The van der Waals surface area contributed by atoms with Crippen LogP contribution < -0.4 is 0 Å². The second-order valence-corrected chi connectivity index (χ2v) is 7.03. The van der Waals surface area contributed by atoms with Gasteiger partial charge in [0, 0.05) is 24.8 Å². The van der Waals surface area contributed by atoms with Crippen LogP contribution in [0, 0.1) is 0 Å². The minimum Gasteiger partial charge on any atom is -0.325 e. The second-order valence-electron chi connectivity index (χ2n) is 5.10. The van der Waals surface area contributed by atoms with E-state index < -0.39 is 22.7 Å². The number of aromatic nitrogens is 2. The van der Waals surface area contributed by atoms with Crippen molar-refractivity contribution in [2.75, 3.05) is 7.05 Å². The number of imidazole rings is 1. The first-order valence-electron chi connectivity index (χ1n) is 6.93. The van der Waals surface area contributed by atoms with Crippen LogP contribution in [0.3, 0.4) is 0 Å². The Morgan fingerprint density at radius 1 is 1.25 bits per heavy atom. The van der Waals surface area contributed by atoms with Gasteiger partial charge in [-0.05, 0) is 11.6 Å². The average molecular weight is 359 g/mol. The van der Waals surface area contributed by atoms with Gasteiger partial charge >= 0.3 is 6.18 Å². The summed E-state index contributed by atoms with van der Waals surface area (Å²) in [7, 11) is -2.49. The number of benzene rings is 1. The fourth-order valence-electron chi connectivity index (χ4n) is 1.95. The monoisotopic (exact) mass is 359 g/mol. The highest BCUT2D eigenvalue weighted by molar-refractivity contribution is 7.92. The zero-order chi connectivity index (χ0) is 17.8. The van der Waals surface area contributed by atoms with Crippen LogP contribution >= 0.6 is 0 Å². The SMILES string of the molecule is CN(Cc1nccn1CC(F)(F)F)S(=O)(=O)/C=C/c1ccccc1. The van der Waals surface area contributed by atoms with Crippen molar-refractivity contribution in [3.8, 4) is 0 Å². The summed E-state index contributed by atoms with van der Waals surface area (Å²) in [5, 5.41) is 1.01. The topological polar surface area (TPSA) is 55.2 Å². The van der Waals surface area contributed by atoms with Gasteiger partial charge in [-0.3, -0.25) is 0 Å². The molecule has 0 atom stereocenters. The number of sulfonamides is 1. The Labute approximate surface area is 138 Å². The van der Waals surface area contributed by atoms with Crippen LogP contribution in [0.15, 0.2) is 48.1 Å². The summed E-state index contributed by atoms with van der Waals surface area (Å²) in [5.41, 5.74) is 0.702. The molecule has 0 N–H and O–H groups in total. The molecule has 2 rings (SSSR count). The number of hydrogen-bond acceptors (Lipinski definition) is 3. The highest BCUT2D eigenvalue weighted by Gasteiger charge is 2.29. The molecule has 0 amide bonds. The van der Waals surface area contributed by atoms with Crippen molar-refractivity contribution >= 4 is 16.1 Å². The molecule has 1 aromatic carbocycles. The summed E-state index contributed by atoms with van der Waals surface area (Å²) < 4.78 is 63.7. The number of alkyl halides is 3. The molecule has 0 spiro atoms. The van der Waals surface area contributed by atoms with Gasteiger partial charge in [-0.1, -0.05) is 30.3 Å². The summed E-state index contributed by atoms with van der Waals surface area (Å²) >= 11 is 0. The molecule has 0 bridgehead atoms. The lowest BCUT2D eigenvalue weighted by Gasteiger charge is -2.16. The molecular weight excluding hydrogens is 343 g/mol. The fourth-order valence-corrected chi connectivity index (χ4v) is 2.78. The van der Waals surface area contributed by atoms with Gasteiger partial charge in [-0.25, -0.2) is 13.4 Å². The Morgan fingerprint density at radius 2 is 1.92 bits per heavy atom. The average Bonchev–Trinajstić information content (AvgIpc) is 2.91. The zero-order valence-corrected chi connectivity index (χ0v) is 13.6. The molecule has 24 heavy (non-hydrogen) atoms. The first kappa shape index (κ1) is 18.2. The molecular formula is C15H16F3N3O2S. The first-order chi connectivity index (χ1) is 11.2. The van der Waals surface area contributed by atoms with Crippen molar-refractivity contribution in [2.24, 2.45) is 0 Å². The van der Waals surface area contributed by atoms with Gasteiger partial charge in [0.1, 0.15) is 12.4 Å². The molecule has 0 unspecified atom stereocenters. The van der Waals surface area contributed by atoms with Crippen LogP contribution in [0.1, 0.15) is 11.4 Å². The molecule has 0 radical (unpaired) electrons. The van der Waals surface area contributed by atoms with Crippen LogP contribution in [0.5, 0.6) is 0 Å². The van der Waals surface area contributed by atoms with Gasteiger partial charge in [0.25, 0.3) is 0 Å². The third kappa shape index (κ3) is 5.20. The minimum atomic E-state index is -4.40. The second kappa shape index (κ2) is 7.18. The van der Waals surface area contributed by atoms with E-state index in [0.717, 1.165) is 14.3 Å². The molecule has 0 aliphatic carbocycles. The highest BCUT2D eigenvalue weighted by atomic mass is 32.2. The van der Waals surface area contributed by atoms with Crippen molar-refractivity contribution in [2.45, 2.75) is 19.3 Å².